The lowest BCUT2D eigenvalue weighted by Gasteiger charge is -1.88. The molecule has 2 N–H and O–H groups in total. The monoisotopic (exact) mass is 139 g/mol. The van der Waals surface area contributed by atoms with Crippen molar-refractivity contribution in [2.75, 3.05) is 6.54 Å². The van der Waals surface area contributed by atoms with Crippen LogP contribution < -0.4 is 5.73 Å². The lowest BCUT2D eigenvalue weighted by Crippen LogP contribution is -2.06. The number of allylic oxidation sites excluding steroid dienone is 2. The van der Waals surface area contributed by atoms with Crippen LogP contribution in [0.3, 0.4) is 0 Å². The van der Waals surface area contributed by atoms with E-state index >= 15 is 0 Å². The molecule has 56 valence electrons. The number of hydrogen-bond donors (Lipinski definition) is 1. The first-order chi connectivity index (χ1) is 4.79. The molecule has 0 amide bonds. The number of carbonyl (C=O) groups excluding carboxylic acids is 1. The van der Waals surface area contributed by atoms with Crippen LogP contribution in [0.15, 0.2) is 12.2 Å². The predicted octanol–water partition coefficient (Wildman–Crippen LogP) is 0.726. The summed E-state index contributed by atoms with van der Waals surface area (Å²) >= 11 is 0. The van der Waals surface area contributed by atoms with E-state index in [9.17, 15) is 4.79 Å². The fourth-order valence-corrected chi connectivity index (χ4v) is 1.14. The van der Waals surface area contributed by atoms with Gasteiger partial charge in [0.05, 0.1) is 0 Å². The summed E-state index contributed by atoms with van der Waals surface area (Å²) in [6.45, 7) is 2.52. The highest BCUT2D eigenvalue weighted by Crippen LogP contribution is 2.38. The van der Waals surface area contributed by atoms with Gasteiger partial charge in [0.1, 0.15) is 0 Å². The number of rotatable bonds is 3. The molecule has 1 saturated carbocycles. The Labute approximate surface area is 61.1 Å². The number of nitrogens with two attached hydrogens (primary N) is 1. The second-order valence-corrected chi connectivity index (χ2v) is 2.74. The second kappa shape index (κ2) is 2.97. The summed E-state index contributed by atoms with van der Waals surface area (Å²) in [4.78, 5) is 11.0. The number of hydrogen-bond acceptors (Lipinski definition) is 2. The highest BCUT2D eigenvalue weighted by Gasteiger charge is 2.39. The SMILES string of the molecule is C/C=C/C(=O)[C@H]1C[C@H]1CN. The van der Waals surface area contributed by atoms with Crippen molar-refractivity contribution in [3.05, 3.63) is 12.2 Å². The van der Waals surface area contributed by atoms with E-state index in [4.69, 9.17) is 5.73 Å². The summed E-state index contributed by atoms with van der Waals surface area (Å²) in [7, 11) is 0. The normalized spacial score (nSPS) is 31.0. The van der Waals surface area contributed by atoms with Crippen LogP contribution in [-0.4, -0.2) is 12.3 Å². The Bertz CT molecular complexity index is 163. The molecule has 1 aliphatic rings. The van der Waals surface area contributed by atoms with Crippen molar-refractivity contribution in [3.63, 3.8) is 0 Å². The molecule has 2 atom stereocenters. The zero-order chi connectivity index (χ0) is 7.56. The molecule has 1 rings (SSSR count). The molecule has 0 spiro atoms. The summed E-state index contributed by atoms with van der Waals surface area (Å²) in [6.07, 6.45) is 4.42. The zero-order valence-electron chi connectivity index (χ0n) is 6.21. The minimum Gasteiger partial charge on any atom is -0.330 e. The molecule has 0 aromatic carbocycles. The molecular formula is C8H13NO. The van der Waals surface area contributed by atoms with Gasteiger partial charge in [0.2, 0.25) is 0 Å². The summed E-state index contributed by atoms with van der Waals surface area (Å²) in [5, 5.41) is 0. The predicted molar refractivity (Wildman–Crippen MR) is 40.5 cm³/mol. The molecule has 0 radical (unpaired) electrons. The third kappa shape index (κ3) is 1.45. The molecule has 2 heteroatoms. The van der Waals surface area contributed by atoms with Crippen LogP contribution in [0.2, 0.25) is 0 Å². The van der Waals surface area contributed by atoms with E-state index < -0.39 is 0 Å². The molecule has 1 fully saturated rings. The summed E-state index contributed by atoms with van der Waals surface area (Å²) < 4.78 is 0. The molecule has 0 bridgehead atoms. The van der Waals surface area contributed by atoms with Crippen LogP contribution in [-0.2, 0) is 4.79 Å². The van der Waals surface area contributed by atoms with Gasteiger partial charge in [-0.15, -0.1) is 0 Å². The van der Waals surface area contributed by atoms with Gasteiger partial charge in [-0.3, -0.25) is 4.79 Å². The number of ketones is 1. The van der Waals surface area contributed by atoms with Crippen molar-refractivity contribution in [1.82, 2.24) is 0 Å². The maximum Gasteiger partial charge on any atom is 0.158 e. The number of carbonyl (C=O) groups is 1. The van der Waals surface area contributed by atoms with Crippen LogP contribution in [0.4, 0.5) is 0 Å². The molecule has 0 heterocycles. The molecule has 0 aromatic rings. The second-order valence-electron chi connectivity index (χ2n) is 2.74. The Balaban J connectivity index is 2.32. The van der Waals surface area contributed by atoms with Crippen molar-refractivity contribution in [2.24, 2.45) is 17.6 Å². The molecule has 2 nitrogen and oxygen atoms in total. The van der Waals surface area contributed by atoms with Gasteiger partial charge in [-0.05, 0) is 31.9 Å². The van der Waals surface area contributed by atoms with Gasteiger partial charge < -0.3 is 5.73 Å². The molecule has 0 aromatic heterocycles. The van der Waals surface area contributed by atoms with Crippen molar-refractivity contribution in [3.8, 4) is 0 Å². The Morgan fingerprint density at radius 2 is 2.50 bits per heavy atom. The molecule has 0 unspecified atom stereocenters. The third-order valence-electron chi connectivity index (χ3n) is 1.92. The minimum atomic E-state index is 0.248. The molecule has 0 saturated heterocycles. The van der Waals surface area contributed by atoms with Gasteiger partial charge in [-0.2, -0.15) is 0 Å². The van der Waals surface area contributed by atoms with Crippen molar-refractivity contribution in [2.45, 2.75) is 13.3 Å². The van der Waals surface area contributed by atoms with E-state index in [0.717, 1.165) is 6.42 Å². The maximum atomic E-state index is 11.0. The van der Waals surface area contributed by atoms with Crippen LogP contribution in [0.25, 0.3) is 0 Å². The van der Waals surface area contributed by atoms with Gasteiger partial charge in [0, 0.05) is 5.92 Å². The van der Waals surface area contributed by atoms with Crippen LogP contribution in [0, 0.1) is 11.8 Å². The Morgan fingerprint density at radius 3 is 2.90 bits per heavy atom. The first-order valence-corrected chi connectivity index (χ1v) is 3.66. The van der Waals surface area contributed by atoms with Gasteiger partial charge >= 0.3 is 0 Å². The largest absolute Gasteiger partial charge is 0.330 e. The highest BCUT2D eigenvalue weighted by molar-refractivity contribution is 5.93. The summed E-state index contributed by atoms with van der Waals surface area (Å²) in [5.74, 6) is 0.975. The molecule has 1 aliphatic carbocycles. The average Bonchev–Trinajstić information content (AvgIpc) is 2.66. The van der Waals surface area contributed by atoms with E-state index in [2.05, 4.69) is 0 Å². The van der Waals surface area contributed by atoms with E-state index in [1.807, 2.05) is 6.92 Å². The lowest BCUT2D eigenvalue weighted by molar-refractivity contribution is -0.116. The van der Waals surface area contributed by atoms with Crippen LogP contribution in [0.1, 0.15) is 13.3 Å². The Kier molecular flexibility index (Phi) is 2.22. The van der Waals surface area contributed by atoms with E-state index in [1.165, 1.54) is 0 Å². The van der Waals surface area contributed by atoms with Gasteiger partial charge in [0.25, 0.3) is 0 Å². The van der Waals surface area contributed by atoms with E-state index in [0.29, 0.717) is 12.5 Å². The summed E-state index contributed by atoms with van der Waals surface area (Å²) in [6, 6.07) is 0. The van der Waals surface area contributed by atoms with Gasteiger partial charge in [-0.25, -0.2) is 0 Å². The maximum absolute atomic E-state index is 11.0. The van der Waals surface area contributed by atoms with Gasteiger partial charge in [-0.1, -0.05) is 6.08 Å². The lowest BCUT2D eigenvalue weighted by atomic mass is 10.2. The topological polar surface area (TPSA) is 43.1 Å². The zero-order valence-corrected chi connectivity index (χ0v) is 6.21. The fraction of sp³-hybridized carbons (Fsp3) is 0.625. The molecular weight excluding hydrogens is 126 g/mol. The fourth-order valence-electron chi connectivity index (χ4n) is 1.14. The highest BCUT2D eigenvalue weighted by atomic mass is 16.1. The average molecular weight is 139 g/mol. The first kappa shape index (κ1) is 7.48. The van der Waals surface area contributed by atoms with Crippen molar-refractivity contribution in [1.29, 1.82) is 0 Å². The van der Waals surface area contributed by atoms with E-state index in [1.54, 1.807) is 12.2 Å². The van der Waals surface area contributed by atoms with Crippen LogP contribution in [0.5, 0.6) is 0 Å². The quantitative estimate of drug-likeness (QED) is 0.586. The Hall–Kier alpha value is -0.630. The van der Waals surface area contributed by atoms with Crippen molar-refractivity contribution >= 4 is 5.78 Å². The smallest absolute Gasteiger partial charge is 0.158 e. The minimum absolute atomic E-state index is 0.248. The summed E-state index contributed by atoms with van der Waals surface area (Å²) in [5.41, 5.74) is 5.38. The van der Waals surface area contributed by atoms with Crippen molar-refractivity contribution < 1.29 is 4.79 Å². The standard InChI is InChI=1S/C8H13NO/c1-2-3-8(10)7-4-6(7)5-9/h2-3,6-7H,4-5,9H2,1H3/b3-2+/t6-,7-/m0/s1. The third-order valence-corrected chi connectivity index (χ3v) is 1.92. The Morgan fingerprint density at radius 1 is 1.80 bits per heavy atom. The molecule has 10 heavy (non-hydrogen) atoms. The van der Waals surface area contributed by atoms with Gasteiger partial charge in [0.15, 0.2) is 5.78 Å². The van der Waals surface area contributed by atoms with E-state index in [-0.39, 0.29) is 11.7 Å². The van der Waals surface area contributed by atoms with Crippen LogP contribution >= 0.6 is 0 Å². The first-order valence-electron chi connectivity index (χ1n) is 3.66. The molecule has 0 aliphatic heterocycles.